The third-order valence-electron chi connectivity index (χ3n) is 7.24. The molecule has 0 spiro atoms. The Hall–Kier alpha value is -3.65. The van der Waals surface area contributed by atoms with Crippen LogP contribution in [0.25, 0.3) is 10.9 Å². The van der Waals surface area contributed by atoms with Gasteiger partial charge in [0.15, 0.2) is 0 Å². The lowest BCUT2D eigenvalue weighted by molar-refractivity contribution is -0.132. The largest absolute Gasteiger partial charge is 0.427 e. The number of hydrogen-bond donors (Lipinski definition) is 0. The van der Waals surface area contributed by atoms with Crippen molar-refractivity contribution >= 4 is 51.9 Å². The van der Waals surface area contributed by atoms with E-state index in [1.165, 1.54) is 13.8 Å². The molecule has 0 saturated carbocycles. The summed E-state index contributed by atoms with van der Waals surface area (Å²) < 4.78 is 6.92. The van der Waals surface area contributed by atoms with Crippen LogP contribution >= 0.6 is 11.6 Å². The molecule has 0 N–H and O–H groups in total. The van der Waals surface area contributed by atoms with E-state index in [-0.39, 0.29) is 17.7 Å². The van der Waals surface area contributed by atoms with Crippen LogP contribution in [0, 0.1) is 6.92 Å². The van der Waals surface area contributed by atoms with Crippen LogP contribution in [0.4, 0.5) is 5.69 Å². The van der Waals surface area contributed by atoms with Crippen molar-refractivity contribution in [1.82, 2.24) is 9.47 Å². The van der Waals surface area contributed by atoms with Crippen molar-refractivity contribution in [2.24, 2.45) is 0 Å². The molecule has 1 aromatic heterocycles. The Morgan fingerprint density at radius 2 is 1.51 bits per heavy atom. The monoisotopic (exact) mass is 581 g/mol. The van der Waals surface area contributed by atoms with Gasteiger partial charge < -0.3 is 14.5 Å². The number of benzene rings is 2. The molecule has 3 aromatic rings. The van der Waals surface area contributed by atoms with Gasteiger partial charge in [-0.05, 0) is 76.1 Å². The summed E-state index contributed by atoms with van der Waals surface area (Å²) in [6, 6.07) is 11.7. The molecular formula is C32H40ClN3O5. The van der Waals surface area contributed by atoms with E-state index < -0.39 is 5.97 Å². The molecule has 0 aliphatic carbocycles. The molecule has 0 atom stereocenters. The van der Waals surface area contributed by atoms with Crippen LogP contribution in [0.15, 0.2) is 42.5 Å². The molecule has 0 fully saturated rings. The molecule has 1 heterocycles. The van der Waals surface area contributed by atoms with E-state index in [0.717, 1.165) is 45.2 Å². The number of carbonyl (C=O) groups is 4. The zero-order chi connectivity index (χ0) is 30.1. The van der Waals surface area contributed by atoms with Gasteiger partial charge in [-0.2, -0.15) is 0 Å². The number of unbranched alkanes of at least 4 members (excludes halogenated alkanes) is 4. The van der Waals surface area contributed by atoms with E-state index in [0.29, 0.717) is 51.6 Å². The highest BCUT2D eigenvalue weighted by molar-refractivity contribution is 6.30. The first-order valence-electron chi connectivity index (χ1n) is 14.3. The van der Waals surface area contributed by atoms with Gasteiger partial charge in [-0.15, -0.1) is 0 Å². The first-order valence-corrected chi connectivity index (χ1v) is 14.7. The molecule has 2 amide bonds. The fraction of sp³-hybridized carbons (Fsp3) is 0.438. The second kappa shape index (κ2) is 14.8. The van der Waals surface area contributed by atoms with Crippen molar-refractivity contribution in [1.29, 1.82) is 0 Å². The van der Waals surface area contributed by atoms with Crippen molar-refractivity contribution in [2.75, 3.05) is 24.5 Å². The quantitative estimate of drug-likeness (QED) is 0.126. The normalized spacial score (nSPS) is 11.0. The SMILES string of the molecule is CCN(CC)C(=O)CCCCCCCN(C(C)=O)c1c(C)n(C(=O)c2ccc(Cl)cc2)c2ccc(OC(C)=O)cc12. The lowest BCUT2D eigenvalue weighted by Gasteiger charge is -2.22. The molecule has 0 aliphatic rings. The number of carbonyl (C=O) groups excluding carboxylic acids is 4. The summed E-state index contributed by atoms with van der Waals surface area (Å²) in [6.45, 7) is 10.6. The minimum atomic E-state index is -0.457. The summed E-state index contributed by atoms with van der Waals surface area (Å²) in [5, 5.41) is 1.18. The van der Waals surface area contributed by atoms with Crippen molar-refractivity contribution < 1.29 is 23.9 Å². The zero-order valence-electron chi connectivity index (χ0n) is 24.7. The summed E-state index contributed by atoms with van der Waals surface area (Å²) in [5.41, 5.74) is 2.30. The van der Waals surface area contributed by atoms with Gasteiger partial charge in [0.1, 0.15) is 5.75 Å². The van der Waals surface area contributed by atoms with Crippen LogP contribution in [0.5, 0.6) is 5.75 Å². The number of amides is 2. The molecule has 220 valence electrons. The maximum absolute atomic E-state index is 13.7. The summed E-state index contributed by atoms with van der Waals surface area (Å²) >= 11 is 6.03. The average Bonchev–Trinajstić information content (AvgIpc) is 3.21. The Labute approximate surface area is 247 Å². The number of nitrogens with zero attached hydrogens (tertiary/aromatic N) is 3. The van der Waals surface area contributed by atoms with Crippen molar-refractivity contribution in [3.05, 3.63) is 58.7 Å². The van der Waals surface area contributed by atoms with Crippen LogP contribution in [0.2, 0.25) is 5.02 Å². The number of anilines is 1. The highest BCUT2D eigenvalue weighted by atomic mass is 35.5. The van der Waals surface area contributed by atoms with Gasteiger partial charge >= 0.3 is 5.97 Å². The maximum Gasteiger partial charge on any atom is 0.308 e. The molecule has 9 heteroatoms. The Bertz CT molecular complexity index is 1390. The second-order valence-electron chi connectivity index (χ2n) is 10.1. The maximum atomic E-state index is 13.7. The van der Waals surface area contributed by atoms with Crippen LogP contribution in [0.1, 0.15) is 82.3 Å². The Morgan fingerprint density at radius 3 is 2.12 bits per heavy atom. The lowest BCUT2D eigenvalue weighted by Crippen LogP contribution is -2.30. The number of hydrogen-bond acceptors (Lipinski definition) is 5. The van der Waals surface area contributed by atoms with Crippen LogP contribution in [-0.2, 0) is 14.4 Å². The van der Waals surface area contributed by atoms with E-state index >= 15 is 0 Å². The Balaban J connectivity index is 1.83. The summed E-state index contributed by atoms with van der Waals surface area (Å²) in [4.78, 5) is 54.0. The Kier molecular flexibility index (Phi) is 11.5. The van der Waals surface area contributed by atoms with E-state index in [4.69, 9.17) is 16.3 Å². The molecule has 0 saturated heterocycles. The van der Waals surface area contributed by atoms with E-state index in [2.05, 4.69) is 0 Å². The van der Waals surface area contributed by atoms with E-state index in [1.54, 1.807) is 51.9 Å². The van der Waals surface area contributed by atoms with E-state index in [9.17, 15) is 19.2 Å². The third kappa shape index (κ3) is 7.97. The fourth-order valence-corrected chi connectivity index (χ4v) is 5.30. The van der Waals surface area contributed by atoms with Gasteiger partial charge in [-0.1, -0.05) is 30.9 Å². The van der Waals surface area contributed by atoms with Crippen molar-refractivity contribution in [3.63, 3.8) is 0 Å². The zero-order valence-corrected chi connectivity index (χ0v) is 25.4. The molecule has 41 heavy (non-hydrogen) atoms. The fourth-order valence-electron chi connectivity index (χ4n) is 5.17. The molecule has 3 rings (SSSR count). The third-order valence-corrected chi connectivity index (χ3v) is 7.49. The van der Waals surface area contributed by atoms with Crippen molar-refractivity contribution in [3.8, 4) is 5.75 Å². The first-order chi connectivity index (χ1) is 19.6. The first kappa shape index (κ1) is 31.9. The topological polar surface area (TPSA) is 88.9 Å². The minimum Gasteiger partial charge on any atom is -0.427 e. The number of esters is 1. The van der Waals surface area contributed by atoms with Gasteiger partial charge in [0.2, 0.25) is 11.8 Å². The second-order valence-corrected chi connectivity index (χ2v) is 10.5. The summed E-state index contributed by atoms with van der Waals surface area (Å²) in [6.07, 6.45) is 5.00. The Morgan fingerprint density at radius 1 is 0.878 bits per heavy atom. The predicted octanol–water partition coefficient (Wildman–Crippen LogP) is 6.78. The molecule has 0 radical (unpaired) electrons. The predicted molar refractivity (Wildman–Crippen MR) is 163 cm³/mol. The average molecular weight is 582 g/mol. The van der Waals surface area contributed by atoms with Gasteiger partial charge in [0, 0.05) is 61.6 Å². The standard InChI is InChI=1S/C32H40ClN3O5/c1-6-34(7-2)30(39)13-11-9-8-10-12-20-35(23(4)37)31-22(3)36(32(40)25-14-16-26(33)17-15-25)29-19-18-27(21-28(29)31)41-24(5)38/h14-19,21H,6-13,20H2,1-5H3. The number of aromatic nitrogens is 1. The van der Waals surface area contributed by atoms with Crippen LogP contribution in [0.3, 0.4) is 0 Å². The smallest absolute Gasteiger partial charge is 0.308 e. The number of rotatable bonds is 13. The highest BCUT2D eigenvalue weighted by Gasteiger charge is 2.26. The summed E-state index contributed by atoms with van der Waals surface area (Å²) in [7, 11) is 0. The molecule has 0 aliphatic heterocycles. The molecular weight excluding hydrogens is 542 g/mol. The van der Waals surface area contributed by atoms with Crippen LogP contribution < -0.4 is 9.64 Å². The van der Waals surface area contributed by atoms with Crippen LogP contribution in [-0.4, -0.2) is 52.8 Å². The van der Waals surface area contributed by atoms with Crippen molar-refractivity contribution in [2.45, 2.75) is 73.1 Å². The lowest BCUT2D eigenvalue weighted by atomic mass is 10.1. The van der Waals surface area contributed by atoms with Gasteiger partial charge in [0.25, 0.3) is 5.91 Å². The van der Waals surface area contributed by atoms with E-state index in [1.807, 2.05) is 25.7 Å². The number of fused-ring (bicyclic) bond motifs is 1. The number of halogens is 1. The van der Waals surface area contributed by atoms with Gasteiger partial charge in [0.05, 0.1) is 11.2 Å². The molecule has 0 unspecified atom stereocenters. The van der Waals surface area contributed by atoms with Gasteiger partial charge in [-0.25, -0.2) is 0 Å². The van der Waals surface area contributed by atoms with Gasteiger partial charge in [-0.3, -0.25) is 23.7 Å². The summed E-state index contributed by atoms with van der Waals surface area (Å²) in [5.74, 6) is -0.315. The molecule has 0 bridgehead atoms. The number of ether oxygens (including phenoxy) is 1. The molecule has 8 nitrogen and oxygen atoms in total. The minimum absolute atomic E-state index is 0.145. The highest BCUT2D eigenvalue weighted by Crippen LogP contribution is 2.37. The molecule has 2 aromatic carbocycles.